The Labute approximate surface area is 109 Å². The van der Waals surface area contributed by atoms with Crippen molar-refractivity contribution in [3.63, 3.8) is 0 Å². The number of rotatable bonds is 5. The van der Waals surface area contributed by atoms with E-state index in [0.29, 0.717) is 6.10 Å². The van der Waals surface area contributed by atoms with Crippen LogP contribution < -0.4 is 5.32 Å². The van der Waals surface area contributed by atoms with Crippen molar-refractivity contribution in [1.29, 1.82) is 0 Å². The van der Waals surface area contributed by atoms with Gasteiger partial charge in [0.1, 0.15) is 0 Å². The average Bonchev–Trinajstić information content (AvgIpc) is 3.25. The number of nitrogens with zero attached hydrogens (tertiary/aromatic N) is 1. The van der Waals surface area contributed by atoms with Crippen LogP contribution in [0.4, 0.5) is 0 Å². The van der Waals surface area contributed by atoms with Crippen molar-refractivity contribution in [1.82, 2.24) is 10.2 Å². The van der Waals surface area contributed by atoms with Gasteiger partial charge in [0.2, 0.25) is 0 Å². The highest BCUT2D eigenvalue weighted by Crippen LogP contribution is 2.28. The number of nitrogens with one attached hydrogen (secondary N) is 1. The molecule has 1 aromatic carbocycles. The first kappa shape index (κ1) is 12.2. The second-order valence-electron chi connectivity index (χ2n) is 5.34. The normalized spacial score (nSPS) is 25.2. The Morgan fingerprint density at radius 1 is 1.22 bits per heavy atom. The molecular weight excluding hydrogens is 224 g/mol. The van der Waals surface area contributed by atoms with Gasteiger partial charge in [0.25, 0.3) is 0 Å². The van der Waals surface area contributed by atoms with Gasteiger partial charge in [-0.3, -0.25) is 4.90 Å². The summed E-state index contributed by atoms with van der Waals surface area (Å²) in [6.07, 6.45) is 3.15. The Hall–Kier alpha value is -0.900. The molecule has 1 aliphatic heterocycles. The average molecular weight is 246 g/mol. The standard InChI is InChI=1S/C15H22N2O/c1-2-4-13(5-3-1)10-16-11-15-12-17(8-9-18-15)14-6-7-14/h1-5,14-16H,6-12H2. The minimum Gasteiger partial charge on any atom is -0.374 e. The third kappa shape index (κ3) is 3.31. The number of benzene rings is 1. The van der Waals surface area contributed by atoms with Crippen molar-refractivity contribution in [3.8, 4) is 0 Å². The number of morpholine rings is 1. The van der Waals surface area contributed by atoms with E-state index in [1.165, 1.54) is 18.4 Å². The fourth-order valence-electron chi connectivity index (χ4n) is 2.61. The van der Waals surface area contributed by atoms with E-state index in [2.05, 4.69) is 40.5 Å². The highest BCUT2D eigenvalue weighted by atomic mass is 16.5. The maximum absolute atomic E-state index is 5.82. The van der Waals surface area contributed by atoms with E-state index in [9.17, 15) is 0 Å². The molecule has 0 radical (unpaired) electrons. The summed E-state index contributed by atoms with van der Waals surface area (Å²) < 4.78 is 5.82. The van der Waals surface area contributed by atoms with E-state index in [1.807, 2.05) is 0 Å². The second kappa shape index (κ2) is 5.83. The molecule has 1 saturated heterocycles. The molecule has 1 aliphatic carbocycles. The van der Waals surface area contributed by atoms with Crippen molar-refractivity contribution in [2.24, 2.45) is 0 Å². The molecule has 0 aromatic heterocycles. The van der Waals surface area contributed by atoms with Crippen molar-refractivity contribution in [3.05, 3.63) is 35.9 Å². The molecule has 0 amide bonds. The monoisotopic (exact) mass is 246 g/mol. The molecule has 2 fully saturated rings. The molecule has 1 unspecified atom stereocenters. The van der Waals surface area contributed by atoms with Crippen molar-refractivity contribution < 1.29 is 4.74 Å². The third-order valence-electron chi connectivity index (χ3n) is 3.78. The molecular formula is C15H22N2O. The zero-order valence-corrected chi connectivity index (χ0v) is 10.8. The Morgan fingerprint density at radius 2 is 2.06 bits per heavy atom. The fourth-order valence-corrected chi connectivity index (χ4v) is 2.61. The molecule has 1 aromatic rings. The first-order chi connectivity index (χ1) is 8.92. The summed E-state index contributed by atoms with van der Waals surface area (Å²) in [7, 11) is 0. The van der Waals surface area contributed by atoms with Crippen molar-refractivity contribution >= 4 is 0 Å². The van der Waals surface area contributed by atoms with Crippen LogP contribution in [-0.4, -0.2) is 43.3 Å². The van der Waals surface area contributed by atoms with Gasteiger partial charge in [-0.2, -0.15) is 0 Å². The Morgan fingerprint density at radius 3 is 2.83 bits per heavy atom. The van der Waals surface area contributed by atoms with Gasteiger partial charge in [-0.05, 0) is 18.4 Å². The van der Waals surface area contributed by atoms with Gasteiger partial charge < -0.3 is 10.1 Å². The summed E-state index contributed by atoms with van der Waals surface area (Å²) in [6.45, 7) is 5.02. The lowest BCUT2D eigenvalue weighted by Crippen LogP contribution is -2.47. The second-order valence-corrected chi connectivity index (χ2v) is 5.34. The lowest BCUT2D eigenvalue weighted by atomic mass is 10.2. The van der Waals surface area contributed by atoms with Crippen LogP contribution in [0.2, 0.25) is 0 Å². The Balaban J connectivity index is 1.40. The quantitative estimate of drug-likeness (QED) is 0.855. The number of ether oxygens (including phenoxy) is 1. The minimum absolute atomic E-state index is 0.364. The van der Waals surface area contributed by atoms with E-state index in [0.717, 1.165) is 38.8 Å². The fraction of sp³-hybridized carbons (Fsp3) is 0.600. The lowest BCUT2D eigenvalue weighted by Gasteiger charge is -2.33. The molecule has 98 valence electrons. The van der Waals surface area contributed by atoms with Crippen LogP contribution in [0.25, 0.3) is 0 Å². The van der Waals surface area contributed by atoms with Gasteiger partial charge in [-0.25, -0.2) is 0 Å². The van der Waals surface area contributed by atoms with Crippen LogP contribution in [-0.2, 0) is 11.3 Å². The molecule has 3 nitrogen and oxygen atoms in total. The van der Waals surface area contributed by atoms with Crippen LogP contribution in [0.5, 0.6) is 0 Å². The van der Waals surface area contributed by atoms with E-state index < -0.39 is 0 Å². The smallest absolute Gasteiger partial charge is 0.0826 e. The minimum atomic E-state index is 0.364. The summed E-state index contributed by atoms with van der Waals surface area (Å²) in [5.74, 6) is 0. The molecule has 2 aliphatic rings. The SMILES string of the molecule is c1ccc(CNCC2CN(C3CC3)CCO2)cc1. The number of hydrogen-bond donors (Lipinski definition) is 1. The molecule has 1 heterocycles. The maximum Gasteiger partial charge on any atom is 0.0826 e. The van der Waals surface area contributed by atoms with Crippen molar-refractivity contribution in [2.45, 2.75) is 31.5 Å². The van der Waals surface area contributed by atoms with E-state index in [4.69, 9.17) is 4.74 Å². The maximum atomic E-state index is 5.82. The summed E-state index contributed by atoms with van der Waals surface area (Å²) in [5, 5.41) is 3.50. The highest BCUT2D eigenvalue weighted by molar-refractivity contribution is 5.14. The molecule has 1 N–H and O–H groups in total. The zero-order valence-electron chi connectivity index (χ0n) is 10.8. The Bertz CT molecular complexity index is 364. The van der Waals surface area contributed by atoms with Crippen molar-refractivity contribution in [2.75, 3.05) is 26.2 Å². The van der Waals surface area contributed by atoms with Crippen LogP contribution in [0.3, 0.4) is 0 Å². The van der Waals surface area contributed by atoms with Crippen LogP contribution in [0.1, 0.15) is 18.4 Å². The molecule has 1 saturated carbocycles. The van der Waals surface area contributed by atoms with Gasteiger partial charge in [-0.15, -0.1) is 0 Å². The molecule has 3 heteroatoms. The highest BCUT2D eigenvalue weighted by Gasteiger charge is 2.32. The zero-order chi connectivity index (χ0) is 12.2. The predicted molar refractivity (Wildman–Crippen MR) is 72.5 cm³/mol. The third-order valence-corrected chi connectivity index (χ3v) is 3.78. The first-order valence-corrected chi connectivity index (χ1v) is 7.02. The summed E-state index contributed by atoms with van der Waals surface area (Å²) in [4.78, 5) is 2.60. The van der Waals surface area contributed by atoms with Crippen LogP contribution in [0, 0.1) is 0 Å². The Kier molecular flexibility index (Phi) is 3.93. The molecule has 0 bridgehead atoms. The predicted octanol–water partition coefficient (Wildman–Crippen LogP) is 1.64. The summed E-state index contributed by atoms with van der Waals surface area (Å²) in [5.41, 5.74) is 1.34. The molecule has 18 heavy (non-hydrogen) atoms. The first-order valence-electron chi connectivity index (χ1n) is 7.02. The topological polar surface area (TPSA) is 24.5 Å². The largest absolute Gasteiger partial charge is 0.374 e. The van der Waals surface area contributed by atoms with E-state index >= 15 is 0 Å². The number of hydrogen-bond acceptors (Lipinski definition) is 3. The van der Waals surface area contributed by atoms with Gasteiger partial charge in [0.05, 0.1) is 12.7 Å². The van der Waals surface area contributed by atoms with Gasteiger partial charge in [0, 0.05) is 32.2 Å². The van der Waals surface area contributed by atoms with Gasteiger partial charge >= 0.3 is 0 Å². The lowest BCUT2D eigenvalue weighted by molar-refractivity contribution is -0.0301. The summed E-state index contributed by atoms with van der Waals surface area (Å²) >= 11 is 0. The van der Waals surface area contributed by atoms with E-state index in [-0.39, 0.29) is 0 Å². The molecule has 0 spiro atoms. The van der Waals surface area contributed by atoms with Gasteiger partial charge in [0.15, 0.2) is 0 Å². The van der Waals surface area contributed by atoms with E-state index in [1.54, 1.807) is 0 Å². The van der Waals surface area contributed by atoms with Gasteiger partial charge in [-0.1, -0.05) is 30.3 Å². The van der Waals surface area contributed by atoms with Crippen LogP contribution in [0.15, 0.2) is 30.3 Å². The molecule has 3 rings (SSSR count). The molecule has 1 atom stereocenters. The van der Waals surface area contributed by atoms with Crippen LogP contribution >= 0.6 is 0 Å². The summed E-state index contributed by atoms with van der Waals surface area (Å²) in [6, 6.07) is 11.4.